The monoisotopic (exact) mass is 943 g/mol. The molecule has 0 saturated heterocycles. The summed E-state index contributed by atoms with van der Waals surface area (Å²) in [5.41, 5.74) is 0. The van der Waals surface area contributed by atoms with E-state index in [-0.39, 0.29) is 31.1 Å². The molecule has 1 atom stereocenters. The summed E-state index contributed by atoms with van der Waals surface area (Å²) in [6, 6.07) is 0. The van der Waals surface area contributed by atoms with Crippen molar-refractivity contribution < 1.29 is 28.6 Å². The van der Waals surface area contributed by atoms with E-state index in [1.165, 1.54) is 96.3 Å². The molecule has 0 aliphatic carbocycles. The van der Waals surface area contributed by atoms with Crippen LogP contribution < -0.4 is 0 Å². The van der Waals surface area contributed by atoms with E-state index in [0.29, 0.717) is 19.3 Å². The molecule has 386 valence electrons. The van der Waals surface area contributed by atoms with Gasteiger partial charge in [0.15, 0.2) is 6.10 Å². The van der Waals surface area contributed by atoms with Crippen LogP contribution in [0.15, 0.2) is 109 Å². The molecule has 0 aliphatic rings. The lowest BCUT2D eigenvalue weighted by Gasteiger charge is -2.18. The average molecular weight is 943 g/mol. The highest BCUT2D eigenvalue weighted by Gasteiger charge is 2.19. The molecule has 6 heteroatoms. The van der Waals surface area contributed by atoms with Crippen LogP contribution in [0.25, 0.3) is 0 Å². The standard InChI is InChI=1S/C62H102O6/c1-4-7-10-13-16-19-22-25-27-29-31-33-34-37-40-43-46-49-52-55-61(64)67-58-59(57-66-60(63)54-51-48-45-42-39-36-24-21-18-15-12-9-6-3)68-62(65)56-53-50-47-44-41-38-35-32-30-28-26-23-20-17-14-11-8-5-2/h9,11-12,14-15,17-18,20-21,23-24,26,28-32,35,59H,4-8,10,13,16,19,22,25,27,33-34,36-58H2,1-3H3/b12-9+,14-11+,18-15+,20-17+,24-21+,26-23+,30-28+,31-29+,35-32+. The molecule has 0 heterocycles. The number of carbonyl (C=O) groups is 3. The minimum Gasteiger partial charge on any atom is -0.462 e. The first-order valence-corrected chi connectivity index (χ1v) is 28.0. The highest BCUT2D eigenvalue weighted by Crippen LogP contribution is 2.14. The minimum absolute atomic E-state index is 0.0993. The van der Waals surface area contributed by atoms with Gasteiger partial charge < -0.3 is 14.2 Å². The van der Waals surface area contributed by atoms with E-state index >= 15 is 0 Å². The van der Waals surface area contributed by atoms with Gasteiger partial charge in [-0.2, -0.15) is 0 Å². The molecule has 6 nitrogen and oxygen atoms in total. The highest BCUT2D eigenvalue weighted by molar-refractivity contribution is 5.71. The van der Waals surface area contributed by atoms with Crippen molar-refractivity contribution in [3.63, 3.8) is 0 Å². The van der Waals surface area contributed by atoms with Crippen LogP contribution in [0, 0.1) is 0 Å². The maximum absolute atomic E-state index is 12.8. The summed E-state index contributed by atoms with van der Waals surface area (Å²) in [7, 11) is 0. The molecular weight excluding hydrogens is 841 g/mol. The molecule has 0 spiro atoms. The van der Waals surface area contributed by atoms with Crippen molar-refractivity contribution in [2.24, 2.45) is 0 Å². The van der Waals surface area contributed by atoms with Gasteiger partial charge in [0.2, 0.25) is 0 Å². The SMILES string of the molecule is CC/C=C/C=C/C=C/CCCCCCCC(=O)OCC(COC(=O)CCCCCCCCC/C=C/CCCCCCCCCC)OC(=O)CCCCCCC/C=C/C=C/C=C/C=C/C=C/CCC. The Kier molecular flexibility index (Phi) is 52.4. The molecule has 0 aliphatic heterocycles. The van der Waals surface area contributed by atoms with Crippen molar-refractivity contribution in [3.05, 3.63) is 109 Å². The Labute approximate surface area is 419 Å². The van der Waals surface area contributed by atoms with Gasteiger partial charge in [-0.25, -0.2) is 0 Å². The normalized spacial score (nSPS) is 12.9. The van der Waals surface area contributed by atoms with Gasteiger partial charge in [-0.05, 0) is 83.5 Å². The summed E-state index contributed by atoms with van der Waals surface area (Å²) in [5, 5.41) is 0. The van der Waals surface area contributed by atoms with Gasteiger partial charge in [0.05, 0.1) is 0 Å². The summed E-state index contributed by atoms with van der Waals surface area (Å²) in [6.07, 6.45) is 75.0. The number of hydrogen-bond donors (Lipinski definition) is 0. The number of hydrogen-bond acceptors (Lipinski definition) is 6. The number of ether oxygens (including phenoxy) is 3. The van der Waals surface area contributed by atoms with Crippen LogP contribution in [0.3, 0.4) is 0 Å². The summed E-state index contributed by atoms with van der Waals surface area (Å²) >= 11 is 0. The Balaban J connectivity index is 4.46. The summed E-state index contributed by atoms with van der Waals surface area (Å²) < 4.78 is 16.8. The Morgan fingerprint density at radius 2 is 0.618 bits per heavy atom. The van der Waals surface area contributed by atoms with E-state index in [0.717, 1.165) is 109 Å². The number of rotatable bonds is 49. The topological polar surface area (TPSA) is 78.9 Å². The quantitative estimate of drug-likeness (QED) is 0.0199. The van der Waals surface area contributed by atoms with Gasteiger partial charge in [0.25, 0.3) is 0 Å². The van der Waals surface area contributed by atoms with Crippen LogP contribution in [0.2, 0.25) is 0 Å². The molecule has 0 fully saturated rings. The van der Waals surface area contributed by atoms with Gasteiger partial charge in [-0.3, -0.25) is 14.4 Å². The summed E-state index contributed by atoms with van der Waals surface area (Å²) in [4.78, 5) is 38.1. The van der Waals surface area contributed by atoms with E-state index in [9.17, 15) is 14.4 Å². The molecule has 0 N–H and O–H groups in total. The lowest BCUT2D eigenvalue weighted by atomic mass is 10.1. The van der Waals surface area contributed by atoms with Crippen LogP contribution in [-0.4, -0.2) is 37.2 Å². The van der Waals surface area contributed by atoms with E-state index in [2.05, 4.69) is 106 Å². The zero-order valence-corrected chi connectivity index (χ0v) is 44.1. The van der Waals surface area contributed by atoms with Crippen LogP contribution in [0.4, 0.5) is 0 Å². The van der Waals surface area contributed by atoms with Crippen molar-refractivity contribution in [1.82, 2.24) is 0 Å². The largest absolute Gasteiger partial charge is 0.462 e. The Hall–Kier alpha value is -3.93. The molecule has 0 aromatic carbocycles. The predicted octanol–water partition coefficient (Wildman–Crippen LogP) is 18.7. The summed E-state index contributed by atoms with van der Waals surface area (Å²) in [6.45, 7) is 6.38. The molecule has 1 unspecified atom stereocenters. The molecule has 0 amide bonds. The van der Waals surface area contributed by atoms with E-state index < -0.39 is 6.10 Å². The smallest absolute Gasteiger partial charge is 0.306 e. The average Bonchev–Trinajstić information content (AvgIpc) is 3.34. The molecule has 0 radical (unpaired) electrons. The van der Waals surface area contributed by atoms with E-state index in [4.69, 9.17) is 14.2 Å². The number of allylic oxidation sites excluding steroid dienone is 18. The molecule has 68 heavy (non-hydrogen) atoms. The minimum atomic E-state index is -0.804. The first-order valence-electron chi connectivity index (χ1n) is 28.0. The predicted molar refractivity (Wildman–Crippen MR) is 293 cm³/mol. The van der Waals surface area contributed by atoms with Crippen molar-refractivity contribution in [2.75, 3.05) is 13.2 Å². The second kappa shape index (κ2) is 55.7. The zero-order valence-electron chi connectivity index (χ0n) is 44.1. The number of unbranched alkanes of at least 4 members (excludes halogenated alkanes) is 26. The Morgan fingerprint density at radius 1 is 0.309 bits per heavy atom. The molecule has 0 rings (SSSR count). The lowest BCUT2D eigenvalue weighted by Crippen LogP contribution is -2.30. The zero-order chi connectivity index (χ0) is 49.3. The molecule has 0 saturated carbocycles. The fourth-order valence-corrected chi connectivity index (χ4v) is 7.47. The van der Waals surface area contributed by atoms with Crippen LogP contribution in [-0.2, 0) is 28.6 Å². The van der Waals surface area contributed by atoms with E-state index in [1.807, 2.05) is 24.3 Å². The van der Waals surface area contributed by atoms with Gasteiger partial charge in [-0.15, -0.1) is 0 Å². The Bertz CT molecular complexity index is 1410. The van der Waals surface area contributed by atoms with Crippen molar-refractivity contribution in [2.45, 2.75) is 252 Å². The van der Waals surface area contributed by atoms with Crippen LogP contribution >= 0.6 is 0 Å². The molecular formula is C62H102O6. The van der Waals surface area contributed by atoms with Gasteiger partial charge >= 0.3 is 17.9 Å². The first-order chi connectivity index (χ1) is 33.5. The number of esters is 3. The lowest BCUT2D eigenvalue weighted by molar-refractivity contribution is -0.167. The maximum atomic E-state index is 12.8. The van der Waals surface area contributed by atoms with Gasteiger partial charge in [0, 0.05) is 19.3 Å². The third-order valence-electron chi connectivity index (χ3n) is 11.7. The molecule has 0 aromatic rings. The van der Waals surface area contributed by atoms with Crippen molar-refractivity contribution in [1.29, 1.82) is 0 Å². The summed E-state index contributed by atoms with van der Waals surface area (Å²) in [5.74, 6) is -0.951. The molecule has 0 bridgehead atoms. The number of carbonyl (C=O) groups excluding carboxylic acids is 3. The third-order valence-corrected chi connectivity index (χ3v) is 11.7. The van der Waals surface area contributed by atoms with Gasteiger partial charge in [0.1, 0.15) is 13.2 Å². The fourth-order valence-electron chi connectivity index (χ4n) is 7.47. The Morgan fingerprint density at radius 3 is 1.00 bits per heavy atom. The van der Waals surface area contributed by atoms with Crippen LogP contribution in [0.1, 0.15) is 245 Å². The van der Waals surface area contributed by atoms with E-state index in [1.54, 1.807) is 0 Å². The molecule has 0 aromatic heterocycles. The fraction of sp³-hybridized carbons (Fsp3) is 0.661. The third kappa shape index (κ3) is 53.0. The second-order valence-corrected chi connectivity index (χ2v) is 18.3. The highest BCUT2D eigenvalue weighted by atomic mass is 16.6. The maximum Gasteiger partial charge on any atom is 0.306 e. The van der Waals surface area contributed by atoms with Crippen molar-refractivity contribution >= 4 is 17.9 Å². The first kappa shape index (κ1) is 64.1. The second-order valence-electron chi connectivity index (χ2n) is 18.3. The van der Waals surface area contributed by atoms with Gasteiger partial charge in [-0.1, -0.05) is 252 Å². The van der Waals surface area contributed by atoms with Crippen molar-refractivity contribution in [3.8, 4) is 0 Å². The van der Waals surface area contributed by atoms with Crippen LogP contribution in [0.5, 0.6) is 0 Å².